The van der Waals surface area contributed by atoms with Crippen molar-refractivity contribution in [3.8, 4) is 11.1 Å². The van der Waals surface area contributed by atoms with E-state index >= 15 is 0 Å². The maximum absolute atomic E-state index is 14.2. The number of aliphatic carboxylic acids is 1. The number of carbonyl (C=O) groups excluding carboxylic acids is 2. The first-order valence-corrected chi connectivity index (χ1v) is 13.8. The second-order valence-corrected chi connectivity index (χ2v) is 10.5. The molecule has 1 unspecified atom stereocenters. The molecule has 0 saturated heterocycles. The van der Waals surface area contributed by atoms with Gasteiger partial charge in [-0.2, -0.15) is 0 Å². The van der Waals surface area contributed by atoms with Crippen molar-refractivity contribution >= 4 is 23.8 Å². The lowest BCUT2D eigenvalue weighted by atomic mass is 9.92. The summed E-state index contributed by atoms with van der Waals surface area (Å²) in [6.45, 7) is 8.48. The molecule has 0 saturated carbocycles. The largest absolute Gasteiger partial charge is 0.481 e. The average molecular weight is 592 g/mol. The third-order valence-corrected chi connectivity index (χ3v) is 6.86. The molecule has 0 aliphatic heterocycles. The molecule has 0 aliphatic carbocycles. The Morgan fingerprint density at radius 2 is 1.70 bits per heavy atom. The van der Waals surface area contributed by atoms with Crippen molar-refractivity contribution < 1.29 is 28.3 Å². The first-order valence-electron chi connectivity index (χ1n) is 13.8. The van der Waals surface area contributed by atoms with Crippen LogP contribution in [0.5, 0.6) is 0 Å². The smallest absolute Gasteiger partial charge is 0.305 e. The van der Waals surface area contributed by atoms with Crippen molar-refractivity contribution in [3.63, 3.8) is 0 Å². The predicted octanol–water partition coefficient (Wildman–Crippen LogP) is 5.59. The van der Waals surface area contributed by atoms with Gasteiger partial charge in [0.1, 0.15) is 5.56 Å². The number of amides is 2. The maximum atomic E-state index is 14.2. The number of hydrogen-bond acceptors (Lipinski definition) is 4. The number of nitrogens with one attached hydrogen (secondary N) is 2. The van der Waals surface area contributed by atoms with Crippen LogP contribution in [-0.4, -0.2) is 34.3 Å². The van der Waals surface area contributed by atoms with Crippen molar-refractivity contribution in [2.24, 2.45) is 5.92 Å². The van der Waals surface area contributed by atoms with Crippen LogP contribution in [0.4, 0.5) is 8.78 Å². The summed E-state index contributed by atoms with van der Waals surface area (Å²) in [5.41, 5.74) is 3.44. The minimum Gasteiger partial charge on any atom is -0.481 e. The van der Waals surface area contributed by atoms with Gasteiger partial charge in [0, 0.05) is 23.8 Å². The van der Waals surface area contributed by atoms with Crippen LogP contribution in [0.1, 0.15) is 59.8 Å². The van der Waals surface area contributed by atoms with Gasteiger partial charge in [-0.05, 0) is 84.8 Å². The lowest BCUT2D eigenvalue weighted by Crippen LogP contribution is -2.32. The number of benzene rings is 2. The average Bonchev–Trinajstić information content (AvgIpc) is 2.94. The molecule has 8 nitrogen and oxygen atoms in total. The van der Waals surface area contributed by atoms with Crippen molar-refractivity contribution in [1.29, 1.82) is 0 Å². The van der Waals surface area contributed by atoms with E-state index in [0.29, 0.717) is 18.0 Å². The van der Waals surface area contributed by atoms with E-state index < -0.39 is 30.1 Å². The highest BCUT2D eigenvalue weighted by atomic mass is 19.2. The summed E-state index contributed by atoms with van der Waals surface area (Å²) in [7, 11) is 0. The summed E-state index contributed by atoms with van der Waals surface area (Å²) in [6.07, 6.45) is 2.30. The Bertz CT molecular complexity index is 1660. The number of rotatable bonds is 10. The van der Waals surface area contributed by atoms with E-state index in [4.69, 9.17) is 5.11 Å². The zero-order chi connectivity index (χ0) is 31.7. The molecule has 43 heavy (non-hydrogen) atoms. The number of aryl methyl sites for hydroxylation is 2. The van der Waals surface area contributed by atoms with E-state index in [0.717, 1.165) is 34.7 Å². The fraction of sp³-hybridized carbons (Fsp3) is 0.273. The molecule has 2 aromatic heterocycles. The lowest BCUT2D eigenvalue weighted by molar-refractivity contribution is -0.137. The van der Waals surface area contributed by atoms with Gasteiger partial charge in [-0.3, -0.25) is 23.6 Å². The van der Waals surface area contributed by atoms with Crippen LogP contribution in [0, 0.1) is 31.4 Å². The van der Waals surface area contributed by atoms with E-state index in [2.05, 4.69) is 24.5 Å². The van der Waals surface area contributed by atoms with Crippen molar-refractivity contribution in [2.75, 3.05) is 6.54 Å². The molecule has 0 fully saturated rings. The van der Waals surface area contributed by atoms with Crippen LogP contribution in [0.2, 0.25) is 0 Å². The Balaban J connectivity index is 0.000000242. The number of carboxylic acids is 1. The highest BCUT2D eigenvalue weighted by Crippen LogP contribution is 2.32. The third kappa shape index (κ3) is 8.34. The number of nitrogens with zero attached hydrogens (tertiary/aromatic N) is 1. The monoisotopic (exact) mass is 591 g/mol. The summed E-state index contributed by atoms with van der Waals surface area (Å²) in [5.74, 6) is -3.26. The second-order valence-electron chi connectivity index (χ2n) is 10.5. The molecule has 0 radical (unpaired) electrons. The highest BCUT2D eigenvalue weighted by molar-refractivity contribution is 5.94. The molecule has 10 heteroatoms. The number of halogens is 2. The second kappa shape index (κ2) is 14.9. The Kier molecular flexibility index (Phi) is 11.3. The molecule has 4 rings (SSSR count). The van der Waals surface area contributed by atoms with Gasteiger partial charge in [-0.1, -0.05) is 38.1 Å². The number of fused-ring (bicyclic) bond motifs is 1. The molecule has 226 valence electrons. The number of carboxylic acid groups (broad SMARTS) is 1. The third-order valence-electron chi connectivity index (χ3n) is 6.86. The van der Waals surface area contributed by atoms with Gasteiger partial charge in [0.25, 0.3) is 11.5 Å². The molecule has 0 aliphatic rings. The first-order chi connectivity index (χ1) is 20.4. The van der Waals surface area contributed by atoms with Gasteiger partial charge >= 0.3 is 5.97 Å². The summed E-state index contributed by atoms with van der Waals surface area (Å²) >= 11 is 0. The summed E-state index contributed by atoms with van der Waals surface area (Å²) in [5, 5.41) is 14.0. The van der Waals surface area contributed by atoms with E-state index in [1.54, 1.807) is 24.4 Å². The summed E-state index contributed by atoms with van der Waals surface area (Å²) < 4.78 is 29.8. The van der Waals surface area contributed by atoms with Gasteiger partial charge in [-0.15, -0.1) is 0 Å². The Morgan fingerprint density at radius 3 is 2.33 bits per heavy atom. The molecule has 0 bridgehead atoms. The molecule has 2 amide bonds. The Hall–Kier alpha value is -4.86. The van der Waals surface area contributed by atoms with Crippen molar-refractivity contribution in [1.82, 2.24) is 15.0 Å². The molecule has 2 aromatic carbocycles. The van der Waals surface area contributed by atoms with Gasteiger partial charge in [0.2, 0.25) is 6.41 Å². The van der Waals surface area contributed by atoms with Gasteiger partial charge in [0.15, 0.2) is 11.6 Å². The maximum Gasteiger partial charge on any atom is 0.305 e. The number of hydrogen-bond donors (Lipinski definition) is 3. The van der Waals surface area contributed by atoms with E-state index in [9.17, 15) is 28.0 Å². The van der Waals surface area contributed by atoms with Crippen LogP contribution >= 0.6 is 0 Å². The minimum absolute atomic E-state index is 0.187. The first kappa shape index (κ1) is 32.7. The normalized spacial score (nSPS) is 11.4. The van der Waals surface area contributed by atoms with Crippen molar-refractivity contribution in [2.45, 2.75) is 46.6 Å². The van der Waals surface area contributed by atoms with Gasteiger partial charge in [-0.25, -0.2) is 8.78 Å². The fourth-order valence-corrected chi connectivity index (χ4v) is 4.68. The number of pyridine rings is 2. The van der Waals surface area contributed by atoms with Gasteiger partial charge < -0.3 is 15.7 Å². The van der Waals surface area contributed by atoms with Gasteiger partial charge in [0.05, 0.1) is 12.5 Å². The molecule has 1 atom stereocenters. The standard InChI is InChI=1S/C18H17F2NO3.C15H18N2O2/c1-10-4-3-5-11(2)17(10)12-6-13(18(20)14(19)7-12)15(21-9-22)8-16(23)24;1-11(2)8-9-16-14(18)13-7-6-12-5-3-4-10-17(12)15(13)19/h3-7,9,15H,8H2,1-2H3,(H,21,22)(H,23,24);3-7,10-11H,8-9H2,1-2H3,(H,16,18). The van der Waals surface area contributed by atoms with E-state index in [1.165, 1.54) is 10.5 Å². The molecule has 4 aromatic rings. The van der Waals surface area contributed by atoms with E-state index in [1.807, 2.05) is 44.2 Å². The van der Waals surface area contributed by atoms with Crippen LogP contribution in [0.3, 0.4) is 0 Å². The van der Waals surface area contributed by atoms with Crippen LogP contribution in [0.15, 0.2) is 71.7 Å². The minimum atomic E-state index is -1.23. The lowest BCUT2D eigenvalue weighted by Gasteiger charge is -2.18. The number of carbonyl (C=O) groups is 3. The SMILES string of the molecule is CC(C)CCNC(=O)c1ccc2ccccn2c1=O.Cc1cccc(C)c1-c1cc(F)c(F)c(C(CC(=O)O)NC=O)c1. The zero-order valence-electron chi connectivity index (χ0n) is 24.5. The predicted molar refractivity (Wildman–Crippen MR) is 161 cm³/mol. The Morgan fingerprint density at radius 1 is 1.00 bits per heavy atom. The topological polar surface area (TPSA) is 117 Å². The molecule has 3 N–H and O–H groups in total. The molecular formula is C33H35F2N3O5. The quantitative estimate of drug-likeness (QED) is 0.208. The number of aromatic nitrogens is 1. The molecular weight excluding hydrogens is 556 g/mol. The van der Waals surface area contributed by atoms with E-state index in [-0.39, 0.29) is 29.0 Å². The summed E-state index contributed by atoms with van der Waals surface area (Å²) in [4.78, 5) is 45.8. The van der Waals surface area contributed by atoms with Crippen LogP contribution in [-0.2, 0) is 9.59 Å². The fourth-order valence-electron chi connectivity index (χ4n) is 4.68. The van der Waals surface area contributed by atoms with Crippen LogP contribution in [0.25, 0.3) is 16.6 Å². The van der Waals surface area contributed by atoms with Crippen molar-refractivity contribution in [3.05, 3.63) is 111 Å². The zero-order valence-corrected chi connectivity index (χ0v) is 24.5. The molecule has 0 spiro atoms. The molecule has 2 heterocycles. The highest BCUT2D eigenvalue weighted by Gasteiger charge is 2.23. The van der Waals surface area contributed by atoms with Crippen LogP contribution < -0.4 is 16.2 Å². The summed E-state index contributed by atoms with van der Waals surface area (Å²) in [6, 6.07) is 15.7. The Labute approximate surface area is 248 Å².